The molecular weight excluding hydrogens is 291 g/mol. The maximum atomic E-state index is 12.0. The van der Waals surface area contributed by atoms with Gasteiger partial charge < -0.3 is 5.32 Å². The van der Waals surface area contributed by atoms with Gasteiger partial charge in [-0.15, -0.1) is 0 Å². The third-order valence-corrected chi connectivity index (χ3v) is 3.15. The average molecular weight is 310 g/mol. The van der Waals surface area contributed by atoms with E-state index in [1.54, 1.807) is 6.92 Å². The Morgan fingerprint density at radius 3 is 2.50 bits per heavy atom. The molecule has 1 N–H and O–H groups in total. The van der Waals surface area contributed by atoms with E-state index in [0.29, 0.717) is 29.8 Å². The van der Waals surface area contributed by atoms with Crippen molar-refractivity contribution in [2.75, 3.05) is 11.9 Å². The largest absolute Gasteiger partial charge is 0.389 e. The van der Waals surface area contributed by atoms with Crippen LogP contribution < -0.4 is 5.32 Å². The molecule has 0 saturated carbocycles. The minimum Gasteiger partial charge on any atom is -0.370 e. The van der Waals surface area contributed by atoms with Gasteiger partial charge in [-0.2, -0.15) is 13.2 Å². The molecule has 1 aromatic heterocycles. The van der Waals surface area contributed by atoms with Crippen molar-refractivity contribution >= 4 is 17.4 Å². The van der Waals surface area contributed by atoms with E-state index in [1.807, 2.05) is 6.92 Å². The Hall–Kier alpha value is -1.04. The number of anilines is 1. The lowest BCUT2D eigenvalue weighted by molar-refractivity contribution is -0.135. The Morgan fingerprint density at radius 2 is 1.90 bits per heavy atom. The molecule has 0 amide bonds. The molecule has 0 aromatic carbocycles. The fourth-order valence-electron chi connectivity index (χ4n) is 1.70. The van der Waals surface area contributed by atoms with Crippen LogP contribution in [0.15, 0.2) is 0 Å². The summed E-state index contributed by atoms with van der Waals surface area (Å²) >= 11 is 6.01. The predicted octanol–water partition coefficient (Wildman–Crippen LogP) is 4.54. The predicted molar refractivity (Wildman–Crippen MR) is 74.2 cm³/mol. The van der Waals surface area contributed by atoms with Gasteiger partial charge in [-0.1, -0.05) is 18.5 Å². The van der Waals surface area contributed by atoms with Crippen LogP contribution in [0.2, 0.25) is 5.15 Å². The zero-order chi connectivity index (χ0) is 15.2. The Bertz CT molecular complexity index is 436. The lowest BCUT2D eigenvalue weighted by Crippen LogP contribution is -2.11. The highest BCUT2D eigenvalue weighted by molar-refractivity contribution is 6.30. The number of hydrogen-bond donors (Lipinski definition) is 1. The summed E-state index contributed by atoms with van der Waals surface area (Å²) in [5, 5.41) is 3.43. The van der Waals surface area contributed by atoms with Crippen molar-refractivity contribution in [3.8, 4) is 0 Å². The van der Waals surface area contributed by atoms with E-state index in [2.05, 4.69) is 15.3 Å². The normalized spacial score (nSPS) is 11.7. The van der Waals surface area contributed by atoms with Crippen molar-refractivity contribution < 1.29 is 13.2 Å². The number of halogens is 4. The quantitative estimate of drug-likeness (QED) is 0.594. The second-order valence-corrected chi connectivity index (χ2v) is 5.01. The van der Waals surface area contributed by atoms with Crippen LogP contribution in [-0.4, -0.2) is 22.7 Å². The number of unbranched alkanes of at least 4 members (excludes halogenated alkanes) is 1. The first-order valence-corrected chi connectivity index (χ1v) is 7.05. The molecule has 3 nitrogen and oxygen atoms in total. The second kappa shape index (κ2) is 7.67. The highest BCUT2D eigenvalue weighted by Gasteiger charge is 2.25. The number of nitrogens with zero attached hydrogens (tertiary/aromatic N) is 2. The van der Waals surface area contributed by atoms with Crippen molar-refractivity contribution in [2.24, 2.45) is 0 Å². The molecule has 0 radical (unpaired) electrons. The topological polar surface area (TPSA) is 37.8 Å². The molecule has 114 valence electrons. The molecule has 20 heavy (non-hydrogen) atoms. The maximum Gasteiger partial charge on any atom is 0.389 e. The molecule has 0 atom stereocenters. The minimum atomic E-state index is -4.08. The van der Waals surface area contributed by atoms with E-state index >= 15 is 0 Å². The molecule has 0 aliphatic carbocycles. The van der Waals surface area contributed by atoms with Gasteiger partial charge in [-0.25, -0.2) is 9.97 Å². The van der Waals surface area contributed by atoms with Crippen molar-refractivity contribution in [3.63, 3.8) is 0 Å². The molecule has 0 aliphatic heterocycles. The van der Waals surface area contributed by atoms with E-state index in [4.69, 9.17) is 11.6 Å². The summed E-state index contributed by atoms with van der Waals surface area (Å²) in [6.45, 7) is 4.24. The summed E-state index contributed by atoms with van der Waals surface area (Å²) in [6.07, 6.45) is -2.66. The smallest absolute Gasteiger partial charge is 0.370 e. The Balaban J connectivity index is 2.50. The van der Waals surface area contributed by atoms with Crippen molar-refractivity contribution in [1.82, 2.24) is 9.97 Å². The molecule has 1 heterocycles. The third kappa shape index (κ3) is 5.94. The van der Waals surface area contributed by atoms with Crippen LogP contribution in [0, 0.1) is 6.92 Å². The van der Waals surface area contributed by atoms with Crippen molar-refractivity contribution in [2.45, 2.75) is 52.1 Å². The van der Waals surface area contributed by atoms with Gasteiger partial charge in [0.15, 0.2) is 0 Å². The Morgan fingerprint density at radius 1 is 1.20 bits per heavy atom. The summed E-state index contributed by atoms with van der Waals surface area (Å²) in [7, 11) is 0. The van der Waals surface area contributed by atoms with Gasteiger partial charge in [0.05, 0.1) is 0 Å². The molecule has 0 bridgehead atoms. The van der Waals surface area contributed by atoms with E-state index in [-0.39, 0.29) is 6.42 Å². The summed E-state index contributed by atoms with van der Waals surface area (Å²) in [5.74, 6) is 1.27. The lowest BCUT2D eigenvalue weighted by atomic mass is 10.2. The Labute approximate surface area is 122 Å². The van der Waals surface area contributed by atoms with Crippen molar-refractivity contribution in [3.05, 3.63) is 16.5 Å². The van der Waals surface area contributed by atoms with Crippen LogP contribution in [0.5, 0.6) is 0 Å². The van der Waals surface area contributed by atoms with E-state index in [1.165, 1.54) is 0 Å². The van der Waals surface area contributed by atoms with Crippen LogP contribution >= 0.6 is 11.6 Å². The van der Waals surface area contributed by atoms with Gasteiger partial charge in [0.2, 0.25) is 0 Å². The molecule has 1 rings (SSSR count). The minimum absolute atomic E-state index is 0.107. The summed E-state index contributed by atoms with van der Waals surface area (Å²) in [4.78, 5) is 8.51. The number of aromatic nitrogens is 2. The number of alkyl halides is 3. The van der Waals surface area contributed by atoms with Crippen LogP contribution in [0.25, 0.3) is 0 Å². The molecule has 0 aliphatic rings. The van der Waals surface area contributed by atoms with E-state index < -0.39 is 12.6 Å². The van der Waals surface area contributed by atoms with E-state index in [0.717, 1.165) is 18.4 Å². The highest BCUT2D eigenvalue weighted by Crippen LogP contribution is 2.23. The Kier molecular flexibility index (Phi) is 6.52. The number of aryl methyl sites for hydroxylation is 1. The average Bonchev–Trinajstić information content (AvgIpc) is 2.33. The van der Waals surface area contributed by atoms with Gasteiger partial charge in [-0.3, -0.25) is 0 Å². The summed E-state index contributed by atoms with van der Waals surface area (Å²) < 4.78 is 36.0. The van der Waals surface area contributed by atoms with Gasteiger partial charge in [-0.05, 0) is 26.2 Å². The van der Waals surface area contributed by atoms with Gasteiger partial charge >= 0.3 is 6.18 Å². The molecule has 0 spiro atoms. The first kappa shape index (κ1) is 17.0. The summed E-state index contributed by atoms with van der Waals surface area (Å²) in [6, 6.07) is 0. The van der Waals surface area contributed by atoms with Gasteiger partial charge in [0, 0.05) is 24.9 Å². The SMILES string of the molecule is CCCc1nc(Cl)c(C)c(NCCCCC(F)(F)F)n1. The first-order valence-electron chi connectivity index (χ1n) is 6.67. The second-order valence-electron chi connectivity index (χ2n) is 4.65. The van der Waals surface area contributed by atoms with Gasteiger partial charge in [0.25, 0.3) is 0 Å². The number of hydrogen-bond acceptors (Lipinski definition) is 3. The van der Waals surface area contributed by atoms with Gasteiger partial charge in [0.1, 0.15) is 16.8 Å². The number of nitrogens with one attached hydrogen (secondary N) is 1. The van der Waals surface area contributed by atoms with E-state index in [9.17, 15) is 13.2 Å². The number of rotatable bonds is 7. The molecule has 0 unspecified atom stereocenters. The summed E-state index contributed by atoms with van der Waals surface area (Å²) in [5.41, 5.74) is 0.724. The third-order valence-electron chi connectivity index (χ3n) is 2.79. The molecule has 0 fully saturated rings. The fraction of sp³-hybridized carbons (Fsp3) is 0.692. The maximum absolute atomic E-state index is 12.0. The molecule has 1 aromatic rings. The molecular formula is C13H19ClF3N3. The van der Waals surface area contributed by atoms with Crippen LogP contribution in [0.1, 0.15) is 44.0 Å². The van der Waals surface area contributed by atoms with Crippen molar-refractivity contribution in [1.29, 1.82) is 0 Å². The van der Waals surface area contributed by atoms with Crippen LogP contribution in [-0.2, 0) is 6.42 Å². The monoisotopic (exact) mass is 309 g/mol. The zero-order valence-corrected chi connectivity index (χ0v) is 12.4. The molecule has 0 saturated heterocycles. The fourth-order valence-corrected chi connectivity index (χ4v) is 1.88. The first-order chi connectivity index (χ1) is 9.33. The standard InChI is InChI=1S/C13H19ClF3N3/c1-3-6-10-19-11(14)9(2)12(20-10)18-8-5-4-7-13(15,16)17/h3-8H2,1-2H3,(H,18,19,20). The van der Waals surface area contributed by atoms with Crippen LogP contribution in [0.3, 0.4) is 0 Å². The van der Waals surface area contributed by atoms with Crippen LogP contribution in [0.4, 0.5) is 19.0 Å². The lowest BCUT2D eigenvalue weighted by Gasteiger charge is -2.11. The highest BCUT2D eigenvalue weighted by atomic mass is 35.5. The molecule has 7 heteroatoms. The zero-order valence-electron chi connectivity index (χ0n) is 11.6.